The topological polar surface area (TPSA) is 49.4 Å². The van der Waals surface area contributed by atoms with Crippen LogP contribution in [0.2, 0.25) is 0 Å². The predicted octanol–water partition coefficient (Wildman–Crippen LogP) is 4.34. The standard InChI is InChI=1S/C20H23FN2O2/c1-3-13-23(14-4-2)20(25)16-7-5-15(6-8-16)19(24)22-18-11-9-17(21)10-12-18/h5-12H,3-4,13-14H2,1-2H3,(H,22,24). The van der Waals surface area contributed by atoms with Gasteiger partial charge in [0.05, 0.1) is 0 Å². The summed E-state index contributed by atoms with van der Waals surface area (Å²) < 4.78 is 12.9. The van der Waals surface area contributed by atoms with Gasteiger partial charge in [0.25, 0.3) is 11.8 Å². The number of hydrogen-bond acceptors (Lipinski definition) is 2. The van der Waals surface area contributed by atoms with Crippen LogP contribution in [0, 0.1) is 5.82 Å². The van der Waals surface area contributed by atoms with Crippen LogP contribution in [0.1, 0.15) is 47.4 Å². The van der Waals surface area contributed by atoms with Crippen molar-refractivity contribution in [3.63, 3.8) is 0 Å². The molecule has 132 valence electrons. The highest BCUT2D eigenvalue weighted by Crippen LogP contribution is 2.13. The lowest BCUT2D eigenvalue weighted by molar-refractivity contribution is 0.0755. The molecule has 1 N–H and O–H groups in total. The van der Waals surface area contributed by atoms with Crippen molar-refractivity contribution in [2.75, 3.05) is 18.4 Å². The van der Waals surface area contributed by atoms with Crippen molar-refractivity contribution >= 4 is 17.5 Å². The Morgan fingerprint density at radius 3 is 1.92 bits per heavy atom. The zero-order valence-electron chi connectivity index (χ0n) is 14.6. The number of halogens is 1. The van der Waals surface area contributed by atoms with Crippen LogP contribution in [-0.4, -0.2) is 29.8 Å². The van der Waals surface area contributed by atoms with E-state index in [2.05, 4.69) is 5.32 Å². The van der Waals surface area contributed by atoms with Crippen molar-refractivity contribution in [2.45, 2.75) is 26.7 Å². The van der Waals surface area contributed by atoms with E-state index in [0.717, 1.165) is 25.9 Å². The van der Waals surface area contributed by atoms with E-state index >= 15 is 0 Å². The van der Waals surface area contributed by atoms with Gasteiger partial charge < -0.3 is 10.2 Å². The van der Waals surface area contributed by atoms with Crippen LogP contribution >= 0.6 is 0 Å². The second-order valence-corrected chi connectivity index (χ2v) is 5.83. The molecule has 25 heavy (non-hydrogen) atoms. The Morgan fingerprint density at radius 2 is 1.40 bits per heavy atom. The largest absolute Gasteiger partial charge is 0.339 e. The zero-order chi connectivity index (χ0) is 18.2. The lowest BCUT2D eigenvalue weighted by atomic mass is 10.1. The number of carbonyl (C=O) groups is 2. The molecule has 2 aromatic carbocycles. The molecule has 0 aliphatic carbocycles. The Bertz CT molecular complexity index is 705. The maximum absolute atomic E-state index is 12.9. The summed E-state index contributed by atoms with van der Waals surface area (Å²) in [5.74, 6) is -0.677. The maximum atomic E-state index is 12.9. The van der Waals surface area contributed by atoms with E-state index in [4.69, 9.17) is 0 Å². The minimum Gasteiger partial charge on any atom is -0.339 e. The average Bonchev–Trinajstić information content (AvgIpc) is 2.63. The van der Waals surface area contributed by atoms with Gasteiger partial charge in [0.15, 0.2) is 0 Å². The molecule has 4 nitrogen and oxygen atoms in total. The van der Waals surface area contributed by atoms with E-state index in [-0.39, 0.29) is 17.6 Å². The molecule has 0 heterocycles. The number of rotatable bonds is 7. The van der Waals surface area contributed by atoms with E-state index in [1.807, 2.05) is 18.7 Å². The smallest absolute Gasteiger partial charge is 0.255 e. The van der Waals surface area contributed by atoms with Gasteiger partial charge in [0.2, 0.25) is 0 Å². The van der Waals surface area contributed by atoms with Crippen molar-refractivity contribution in [1.82, 2.24) is 4.90 Å². The first-order valence-corrected chi connectivity index (χ1v) is 8.51. The minimum atomic E-state index is -0.357. The predicted molar refractivity (Wildman–Crippen MR) is 97.3 cm³/mol. The molecule has 0 saturated heterocycles. The number of anilines is 1. The van der Waals surface area contributed by atoms with Crippen molar-refractivity contribution in [3.05, 3.63) is 65.5 Å². The minimum absolute atomic E-state index is 0.0193. The second-order valence-electron chi connectivity index (χ2n) is 5.83. The Morgan fingerprint density at radius 1 is 0.880 bits per heavy atom. The maximum Gasteiger partial charge on any atom is 0.255 e. The molecule has 0 saturated carbocycles. The van der Waals surface area contributed by atoms with Gasteiger partial charge in [-0.1, -0.05) is 13.8 Å². The Balaban J connectivity index is 2.06. The molecule has 2 aromatic rings. The van der Waals surface area contributed by atoms with Gasteiger partial charge in [-0.3, -0.25) is 9.59 Å². The van der Waals surface area contributed by atoms with Gasteiger partial charge in [-0.05, 0) is 61.4 Å². The Kier molecular flexibility index (Phi) is 6.69. The molecule has 2 rings (SSSR count). The third-order valence-corrected chi connectivity index (χ3v) is 3.77. The molecule has 0 aliphatic rings. The number of benzene rings is 2. The van der Waals surface area contributed by atoms with E-state index in [1.165, 1.54) is 24.3 Å². The van der Waals surface area contributed by atoms with Gasteiger partial charge >= 0.3 is 0 Å². The van der Waals surface area contributed by atoms with E-state index in [1.54, 1.807) is 24.3 Å². The monoisotopic (exact) mass is 342 g/mol. The van der Waals surface area contributed by atoms with Gasteiger partial charge in [-0.15, -0.1) is 0 Å². The first-order valence-electron chi connectivity index (χ1n) is 8.51. The molecule has 0 unspecified atom stereocenters. The molecule has 0 radical (unpaired) electrons. The fraction of sp³-hybridized carbons (Fsp3) is 0.300. The molecule has 0 atom stereocenters. The van der Waals surface area contributed by atoms with Crippen LogP contribution < -0.4 is 5.32 Å². The number of nitrogens with one attached hydrogen (secondary N) is 1. The van der Waals surface area contributed by atoms with E-state index < -0.39 is 0 Å². The van der Waals surface area contributed by atoms with Crippen LogP contribution in [-0.2, 0) is 0 Å². The van der Waals surface area contributed by atoms with Gasteiger partial charge in [0.1, 0.15) is 5.82 Å². The summed E-state index contributed by atoms with van der Waals surface area (Å²) in [6.07, 6.45) is 1.81. The highest BCUT2D eigenvalue weighted by molar-refractivity contribution is 6.05. The summed E-state index contributed by atoms with van der Waals surface area (Å²) in [6.45, 7) is 5.52. The second kappa shape index (κ2) is 8.97. The summed E-state index contributed by atoms with van der Waals surface area (Å²) in [4.78, 5) is 26.6. The molecule has 0 aliphatic heterocycles. The zero-order valence-corrected chi connectivity index (χ0v) is 14.6. The summed E-state index contributed by atoms with van der Waals surface area (Å²) in [6, 6.07) is 12.2. The molecule has 2 amide bonds. The third-order valence-electron chi connectivity index (χ3n) is 3.77. The molecular weight excluding hydrogens is 319 g/mol. The SMILES string of the molecule is CCCN(CCC)C(=O)c1ccc(C(=O)Nc2ccc(F)cc2)cc1. The quantitative estimate of drug-likeness (QED) is 0.814. The highest BCUT2D eigenvalue weighted by atomic mass is 19.1. The number of carbonyl (C=O) groups excluding carboxylic acids is 2. The number of amides is 2. The van der Waals surface area contributed by atoms with Crippen molar-refractivity contribution < 1.29 is 14.0 Å². The van der Waals surface area contributed by atoms with Crippen LogP contribution in [0.5, 0.6) is 0 Å². The molecule has 0 aromatic heterocycles. The van der Waals surface area contributed by atoms with Crippen molar-refractivity contribution in [1.29, 1.82) is 0 Å². The number of hydrogen-bond donors (Lipinski definition) is 1. The fourth-order valence-electron chi connectivity index (χ4n) is 2.54. The molecule has 0 fully saturated rings. The highest BCUT2D eigenvalue weighted by Gasteiger charge is 2.15. The average molecular weight is 342 g/mol. The van der Waals surface area contributed by atoms with Crippen molar-refractivity contribution in [3.8, 4) is 0 Å². The van der Waals surface area contributed by atoms with Gasteiger partial charge in [0, 0.05) is 29.9 Å². The van der Waals surface area contributed by atoms with Crippen molar-refractivity contribution in [2.24, 2.45) is 0 Å². The first-order chi connectivity index (χ1) is 12.0. The Hall–Kier alpha value is -2.69. The van der Waals surface area contributed by atoms with Crippen LogP contribution in [0.3, 0.4) is 0 Å². The summed E-state index contributed by atoms with van der Waals surface area (Å²) in [5.41, 5.74) is 1.53. The molecule has 0 bridgehead atoms. The van der Waals surface area contributed by atoms with E-state index in [0.29, 0.717) is 16.8 Å². The lowest BCUT2D eigenvalue weighted by Gasteiger charge is -2.21. The van der Waals surface area contributed by atoms with Crippen LogP contribution in [0.15, 0.2) is 48.5 Å². The van der Waals surface area contributed by atoms with E-state index in [9.17, 15) is 14.0 Å². The number of nitrogens with zero attached hydrogens (tertiary/aromatic N) is 1. The lowest BCUT2D eigenvalue weighted by Crippen LogP contribution is -2.32. The summed E-state index contributed by atoms with van der Waals surface area (Å²) in [7, 11) is 0. The first kappa shape index (κ1) is 18.6. The molecular formula is C20H23FN2O2. The van der Waals surface area contributed by atoms with Crippen LogP contribution in [0.25, 0.3) is 0 Å². The summed E-state index contributed by atoms with van der Waals surface area (Å²) in [5, 5.41) is 2.70. The van der Waals surface area contributed by atoms with Gasteiger partial charge in [-0.25, -0.2) is 4.39 Å². The fourth-order valence-corrected chi connectivity index (χ4v) is 2.54. The van der Waals surface area contributed by atoms with Crippen LogP contribution in [0.4, 0.5) is 10.1 Å². The van der Waals surface area contributed by atoms with Gasteiger partial charge in [-0.2, -0.15) is 0 Å². The Labute approximate surface area is 147 Å². The molecule has 0 spiro atoms. The normalized spacial score (nSPS) is 10.4. The third kappa shape index (κ3) is 5.14. The molecule has 5 heteroatoms. The summed E-state index contributed by atoms with van der Waals surface area (Å²) >= 11 is 0.